The summed E-state index contributed by atoms with van der Waals surface area (Å²) in [5.41, 5.74) is 4.94. The molecule has 0 saturated carbocycles. The Morgan fingerprint density at radius 1 is 1.22 bits per heavy atom. The van der Waals surface area contributed by atoms with Gasteiger partial charge < -0.3 is 25.2 Å². The molecule has 2 saturated heterocycles. The van der Waals surface area contributed by atoms with Gasteiger partial charge in [-0.2, -0.15) is 5.10 Å². The van der Waals surface area contributed by atoms with Crippen LogP contribution in [-0.2, 0) is 10.3 Å². The van der Waals surface area contributed by atoms with Crippen molar-refractivity contribution < 1.29 is 9.53 Å². The summed E-state index contributed by atoms with van der Waals surface area (Å²) in [6.45, 7) is 11.5. The van der Waals surface area contributed by atoms with Crippen molar-refractivity contribution in [1.82, 2.24) is 30.1 Å². The number of ether oxygens (including phenoxy) is 1. The van der Waals surface area contributed by atoms with Crippen LogP contribution in [0.2, 0.25) is 0 Å². The standard InChI is InChI=1S/C27H37N7O2/c1-4-36-27(9-5-10-28-19-27)22-6-7-23(29-17-22)21-16-25-24(8-11-30-34(25)18-21)32-12-14-33(15-13-32)26(35)31-20(2)3/h6-8,11,16-18,20,28H,4-5,9-10,12-15,19H2,1-3H3,(H,31,35)/t27-/m0/s1. The average Bonchev–Trinajstić information content (AvgIpc) is 3.34. The van der Waals surface area contributed by atoms with Gasteiger partial charge in [-0.25, -0.2) is 9.31 Å². The van der Waals surface area contributed by atoms with Gasteiger partial charge in [-0.3, -0.25) is 4.98 Å². The minimum atomic E-state index is -0.299. The number of amides is 2. The van der Waals surface area contributed by atoms with E-state index in [1.54, 1.807) is 0 Å². The molecular formula is C27H37N7O2. The molecule has 0 unspecified atom stereocenters. The quantitative estimate of drug-likeness (QED) is 0.551. The maximum absolute atomic E-state index is 12.4. The fraction of sp³-hybridized carbons (Fsp3) is 0.519. The summed E-state index contributed by atoms with van der Waals surface area (Å²) in [6, 6.07) is 8.61. The number of hydrogen-bond donors (Lipinski definition) is 2. The molecule has 3 aromatic rings. The maximum atomic E-state index is 12.4. The molecule has 0 aromatic carbocycles. The number of carbonyl (C=O) groups excluding carboxylic acids is 1. The summed E-state index contributed by atoms with van der Waals surface area (Å²) < 4.78 is 8.14. The minimum Gasteiger partial charge on any atom is -0.369 e. The molecule has 192 valence electrons. The average molecular weight is 492 g/mol. The molecule has 0 radical (unpaired) electrons. The number of nitrogens with one attached hydrogen (secondary N) is 2. The van der Waals surface area contributed by atoms with E-state index in [0.29, 0.717) is 19.7 Å². The zero-order valence-electron chi connectivity index (χ0n) is 21.5. The lowest BCUT2D eigenvalue weighted by atomic mass is 9.87. The molecule has 5 rings (SSSR count). The van der Waals surface area contributed by atoms with E-state index < -0.39 is 0 Å². The molecule has 0 bridgehead atoms. The Balaban J connectivity index is 1.34. The zero-order valence-corrected chi connectivity index (χ0v) is 21.5. The van der Waals surface area contributed by atoms with E-state index in [9.17, 15) is 4.79 Å². The Hall–Kier alpha value is -3.17. The van der Waals surface area contributed by atoms with Crippen LogP contribution in [0.5, 0.6) is 0 Å². The van der Waals surface area contributed by atoms with E-state index >= 15 is 0 Å². The highest BCUT2D eigenvalue weighted by atomic mass is 16.5. The van der Waals surface area contributed by atoms with Crippen molar-refractivity contribution in [1.29, 1.82) is 0 Å². The first-order valence-corrected chi connectivity index (χ1v) is 13.1. The molecule has 3 aromatic heterocycles. The summed E-state index contributed by atoms with van der Waals surface area (Å²) in [6.07, 6.45) is 7.94. The Morgan fingerprint density at radius 2 is 2.06 bits per heavy atom. The minimum absolute atomic E-state index is 0.0131. The van der Waals surface area contributed by atoms with E-state index in [1.807, 2.05) is 41.9 Å². The van der Waals surface area contributed by atoms with E-state index in [4.69, 9.17) is 9.72 Å². The number of pyridine rings is 1. The van der Waals surface area contributed by atoms with E-state index in [1.165, 1.54) is 0 Å². The summed E-state index contributed by atoms with van der Waals surface area (Å²) >= 11 is 0. The molecule has 2 fully saturated rings. The number of fused-ring (bicyclic) bond motifs is 1. The van der Waals surface area contributed by atoms with E-state index in [0.717, 1.165) is 67.0 Å². The second-order valence-corrected chi connectivity index (χ2v) is 9.99. The highest BCUT2D eigenvalue weighted by Crippen LogP contribution is 2.34. The first kappa shape index (κ1) is 24.5. The van der Waals surface area contributed by atoms with Gasteiger partial charge in [0, 0.05) is 75.1 Å². The number of aromatic nitrogens is 3. The molecule has 2 aliphatic rings. The lowest BCUT2D eigenvalue weighted by Crippen LogP contribution is -2.53. The van der Waals surface area contributed by atoms with Crippen LogP contribution in [0.25, 0.3) is 16.8 Å². The number of piperidine rings is 1. The van der Waals surface area contributed by atoms with Gasteiger partial charge in [0.1, 0.15) is 5.60 Å². The summed E-state index contributed by atoms with van der Waals surface area (Å²) in [5.74, 6) is 0. The monoisotopic (exact) mass is 491 g/mol. The molecule has 9 heteroatoms. The van der Waals surface area contributed by atoms with Gasteiger partial charge in [-0.1, -0.05) is 6.07 Å². The van der Waals surface area contributed by atoms with Gasteiger partial charge >= 0.3 is 6.03 Å². The highest BCUT2D eigenvalue weighted by molar-refractivity contribution is 5.79. The predicted molar refractivity (Wildman–Crippen MR) is 141 cm³/mol. The van der Waals surface area contributed by atoms with Crippen molar-refractivity contribution in [3.8, 4) is 11.3 Å². The third-order valence-electron chi connectivity index (χ3n) is 7.16. The number of nitrogens with zero attached hydrogens (tertiary/aromatic N) is 5. The second-order valence-electron chi connectivity index (χ2n) is 9.99. The smallest absolute Gasteiger partial charge is 0.317 e. The zero-order chi connectivity index (χ0) is 25.1. The molecule has 2 aliphatic heterocycles. The Bertz CT molecular complexity index is 1170. The van der Waals surface area contributed by atoms with Gasteiger partial charge in [0.25, 0.3) is 0 Å². The highest BCUT2D eigenvalue weighted by Gasteiger charge is 2.35. The largest absolute Gasteiger partial charge is 0.369 e. The normalized spacial score (nSPS) is 20.8. The van der Waals surface area contributed by atoms with E-state index in [-0.39, 0.29) is 17.7 Å². The Morgan fingerprint density at radius 3 is 2.72 bits per heavy atom. The Labute approximate surface area is 212 Å². The van der Waals surface area contributed by atoms with Gasteiger partial charge in [0.2, 0.25) is 0 Å². The molecule has 36 heavy (non-hydrogen) atoms. The van der Waals surface area contributed by atoms with E-state index in [2.05, 4.69) is 51.8 Å². The first-order chi connectivity index (χ1) is 17.5. The molecular weight excluding hydrogens is 454 g/mol. The van der Waals surface area contributed by atoms with Crippen LogP contribution in [0.1, 0.15) is 39.2 Å². The van der Waals surface area contributed by atoms with Crippen LogP contribution in [0.3, 0.4) is 0 Å². The number of anilines is 1. The molecule has 0 aliphatic carbocycles. The predicted octanol–water partition coefficient (Wildman–Crippen LogP) is 3.25. The summed E-state index contributed by atoms with van der Waals surface area (Å²) in [4.78, 5) is 21.4. The summed E-state index contributed by atoms with van der Waals surface area (Å²) in [7, 11) is 0. The maximum Gasteiger partial charge on any atom is 0.317 e. The molecule has 0 spiro atoms. The van der Waals surface area contributed by atoms with Crippen LogP contribution in [-0.4, -0.2) is 77.4 Å². The molecule has 5 heterocycles. The fourth-order valence-corrected chi connectivity index (χ4v) is 5.34. The first-order valence-electron chi connectivity index (χ1n) is 13.1. The molecule has 2 amide bonds. The van der Waals surface area contributed by atoms with Crippen molar-refractivity contribution in [3.63, 3.8) is 0 Å². The second kappa shape index (κ2) is 10.4. The lowest BCUT2D eigenvalue weighted by molar-refractivity contribution is -0.0603. The molecule has 9 nitrogen and oxygen atoms in total. The van der Waals surface area contributed by atoms with Crippen LogP contribution in [0, 0.1) is 0 Å². The SMILES string of the molecule is CCO[C@@]1(c2ccc(-c3cc4c(N5CCN(C(=O)NC(C)C)CC5)ccnn4c3)nc2)CCCNC1. The molecule has 1 atom stereocenters. The van der Waals surface area contributed by atoms with Gasteiger partial charge in [-0.05, 0) is 58.4 Å². The van der Waals surface area contributed by atoms with Crippen LogP contribution in [0.4, 0.5) is 10.5 Å². The summed E-state index contributed by atoms with van der Waals surface area (Å²) in [5, 5.41) is 11.0. The van der Waals surface area contributed by atoms with Crippen molar-refractivity contribution in [3.05, 3.63) is 48.4 Å². The number of carbonyl (C=O) groups is 1. The third-order valence-corrected chi connectivity index (χ3v) is 7.16. The van der Waals surface area contributed by atoms with Gasteiger partial charge in [0.05, 0.1) is 16.9 Å². The van der Waals surface area contributed by atoms with Crippen molar-refractivity contribution >= 4 is 17.2 Å². The fourth-order valence-electron chi connectivity index (χ4n) is 5.34. The third kappa shape index (κ3) is 4.90. The molecule has 2 N–H and O–H groups in total. The van der Waals surface area contributed by atoms with Crippen LogP contribution in [0.15, 0.2) is 42.9 Å². The van der Waals surface area contributed by atoms with Crippen LogP contribution < -0.4 is 15.5 Å². The number of hydrogen-bond acceptors (Lipinski definition) is 6. The van der Waals surface area contributed by atoms with Gasteiger partial charge in [0.15, 0.2) is 0 Å². The van der Waals surface area contributed by atoms with Gasteiger partial charge in [-0.15, -0.1) is 0 Å². The van der Waals surface area contributed by atoms with Crippen molar-refractivity contribution in [2.45, 2.75) is 45.3 Å². The topological polar surface area (TPSA) is 87.0 Å². The van der Waals surface area contributed by atoms with Crippen LogP contribution >= 0.6 is 0 Å². The lowest BCUT2D eigenvalue weighted by Gasteiger charge is -2.37. The van der Waals surface area contributed by atoms with Crippen molar-refractivity contribution in [2.24, 2.45) is 0 Å². The Kier molecular flexibility index (Phi) is 7.11. The number of piperazine rings is 1. The number of urea groups is 1. The van der Waals surface area contributed by atoms with Crippen molar-refractivity contribution in [2.75, 3.05) is 50.8 Å². The number of rotatable bonds is 6.